The summed E-state index contributed by atoms with van der Waals surface area (Å²) in [7, 11) is 0. The van der Waals surface area contributed by atoms with Gasteiger partial charge < -0.3 is 9.47 Å². The Balaban J connectivity index is 0.923. The first-order valence-electron chi connectivity index (χ1n) is 23.9. The average Bonchev–Trinajstić information content (AvgIpc) is 4.04. The van der Waals surface area contributed by atoms with Gasteiger partial charge in [0.15, 0.2) is 0 Å². The molecule has 11 aromatic carbocycles. The number of anilines is 3. The van der Waals surface area contributed by atoms with Gasteiger partial charge in [-0.1, -0.05) is 212 Å². The third-order valence-corrected chi connectivity index (χ3v) is 14.8. The molecule has 0 fully saturated rings. The van der Waals surface area contributed by atoms with Gasteiger partial charge in [0.1, 0.15) is 0 Å². The first kappa shape index (κ1) is 39.2. The largest absolute Gasteiger partial charge is 0.310 e. The molecule has 1 aromatic heterocycles. The van der Waals surface area contributed by atoms with Crippen LogP contribution in [0.2, 0.25) is 0 Å². The summed E-state index contributed by atoms with van der Waals surface area (Å²) in [6.45, 7) is 0. The van der Waals surface area contributed by atoms with Gasteiger partial charge in [-0.05, 0) is 127 Å². The minimum absolute atomic E-state index is 0.352. The van der Waals surface area contributed by atoms with Crippen molar-refractivity contribution < 1.29 is 0 Å². The van der Waals surface area contributed by atoms with Crippen LogP contribution in [0.4, 0.5) is 17.1 Å². The highest BCUT2D eigenvalue weighted by Gasteiger charge is 2.51. The molecule has 2 aliphatic carbocycles. The molecule has 0 bridgehead atoms. The molecular formula is C67H44N2. The summed E-state index contributed by atoms with van der Waals surface area (Å²) in [5.41, 5.74) is 24.3. The number of hydrogen-bond acceptors (Lipinski definition) is 1. The topological polar surface area (TPSA) is 8.17 Å². The molecule has 0 amide bonds. The molecular weight excluding hydrogens is 833 g/mol. The van der Waals surface area contributed by atoms with Gasteiger partial charge in [0.2, 0.25) is 0 Å². The minimum Gasteiger partial charge on any atom is -0.310 e. The molecule has 1 heterocycles. The Kier molecular flexibility index (Phi) is 8.84. The quantitative estimate of drug-likeness (QED) is 0.155. The Morgan fingerprint density at radius 3 is 1.39 bits per heavy atom. The average molecular weight is 877 g/mol. The van der Waals surface area contributed by atoms with Gasteiger partial charge in [0.25, 0.3) is 0 Å². The van der Waals surface area contributed by atoms with E-state index in [1.165, 1.54) is 94.2 Å². The zero-order valence-electron chi connectivity index (χ0n) is 37.8. The summed E-state index contributed by atoms with van der Waals surface area (Å²) in [5, 5.41) is 2.44. The lowest BCUT2D eigenvalue weighted by Gasteiger charge is -2.30. The Morgan fingerprint density at radius 1 is 0.275 bits per heavy atom. The van der Waals surface area contributed by atoms with Crippen molar-refractivity contribution in [2.24, 2.45) is 0 Å². The van der Waals surface area contributed by atoms with E-state index in [1.807, 2.05) is 0 Å². The summed E-state index contributed by atoms with van der Waals surface area (Å²) in [5.74, 6) is 0. The summed E-state index contributed by atoms with van der Waals surface area (Å²) in [4.78, 5) is 2.37. The van der Waals surface area contributed by atoms with E-state index in [2.05, 4.69) is 276 Å². The van der Waals surface area contributed by atoms with E-state index in [0.717, 1.165) is 28.3 Å². The van der Waals surface area contributed by atoms with Crippen molar-refractivity contribution in [3.05, 3.63) is 289 Å². The first-order chi connectivity index (χ1) is 34.2. The molecule has 0 saturated heterocycles. The van der Waals surface area contributed by atoms with Gasteiger partial charge in [-0.3, -0.25) is 0 Å². The van der Waals surface area contributed by atoms with Crippen LogP contribution in [0.25, 0.3) is 83.1 Å². The molecule has 0 saturated carbocycles. The van der Waals surface area contributed by atoms with Crippen molar-refractivity contribution in [3.8, 4) is 61.3 Å². The third-order valence-electron chi connectivity index (χ3n) is 14.8. The minimum atomic E-state index is -0.352. The molecule has 0 atom stereocenters. The lowest BCUT2D eigenvalue weighted by molar-refractivity contribution is 0.794. The molecule has 2 nitrogen and oxygen atoms in total. The zero-order chi connectivity index (χ0) is 45.5. The fourth-order valence-electron chi connectivity index (χ4n) is 11.9. The van der Waals surface area contributed by atoms with Crippen molar-refractivity contribution in [1.82, 2.24) is 4.57 Å². The van der Waals surface area contributed by atoms with Gasteiger partial charge in [0.05, 0.1) is 16.4 Å². The Morgan fingerprint density at radius 2 is 0.739 bits per heavy atom. The van der Waals surface area contributed by atoms with E-state index in [1.54, 1.807) is 0 Å². The second-order valence-electron chi connectivity index (χ2n) is 18.4. The highest BCUT2D eigenvalue weighted by molar-refractivity contribution is 6.14. The fraction of sp³-hybridized carbons (Fsp3) is 0.0149. The molecule has 2 aliphatic rings. The standard InChI is InChI=1S/C67H44N2/c1-4-17-45(18-5-1)46-31-36-51(37-32-46)68(50-21-8-3-9-22-50)53-40-41-58-59-27-16-26-54(48-19-6-2-7-20-48)66(59)69(65(58)44-53)52-38-33-47(34-39-52)49-35-42-64-60(43-49)57-25-12-15-30-63(57)67(64)61-28-13-10-23-55(61)56-24-11-14-29-62(56)67/h1-44H. The van der Waals surface area contributed by atoms with Crippen LogP contribution in [0.5, 0.6) is 0 Å². The van der Waals surface area contributed by atoms with Gasteiger partial charge in [-0.2, -0.15) is 0 Å². The van der Waals surface area contributed by atoms with Crippen LogP contribution in [0.15, 0.2) is 267 Å². The first-order valence-corrected chi connectivity index (χ1v) is 23.9. The monoisotopic (exact) mass is 876 g/mol. The van der Waals surface area contributed by atoms with E-state index in [-0.39, 0.29) is 5.41 Å². The zero-order valence-corrected chi connectivity index (χ0v) is 37.8. The molecule has 0 aliphatic heterocycles. The molecule has 322 valence electrons. The van der Waals surface area contributed by atoms with Crippen molar-refractivity contribution in [2.75, 3.05) is 4.90 Å². The molecule has 14 rings (SSSR count). The number of benzene rings is 11. The lowest BCUT2D eigenvalue weighted by atomic mass is 9.70. The Bertz CT molecular complexity index is 3880. The highest BCUT2D eigenvalue weighted by Crippen LogP contribution is 2.63. The molecule has 0 radical (unpaired) electrons. The summed E-state index contributed by atoms with van der Waals surface area (Å²) in [6, 6.07) is 98.3. The van der Waals surface area contributed by atoms with E-state index in [9.17, 15) is 0 Å². The van der Waals surface area contributed by atoms with Crippen LogP contribution in [-0.2, 0) is 5.41 Å². The normalized spacial score (nSPS) is 12.8. The van der Waals surface area contributed by atoms with Crippen LogP contribution in [0.3, 0.4) is 0 Å². The van der Waals surface area contributed by atoms with Crippen LogP contribution in [-0.4, -0.2) is 4.57 Å². The predicted molar refractivity (Wildman–Crippen MR) is 288 cm³/mol. The number of fused-ring (bicyclic) bond motifs is 13. The van der Waals surface area contributed by atoms with E-state index in [4.69, 9.17) is 0 Å². The Labute approximate surface area is 402 Å². The molecule has 1 spiro atoms. The maximum atomic E-state index is 2.49. The second-order valence-corrected chi connectivity index (χ2v) is 18.4. The summed E-state index contributed by atoms with van der Waals surface area (Å²) < 4.78 is 2.49. The molecule has 69 heavy (non-hydrogen) atoms. The van der Waals surface area contributed by atoms with Crippen molar-refractivity contribution in [3.63, 3.8) is 0 Å². The van der Waals surface area contributed by atoms with Crippen LogP contribution in [0.1, 0.15) is 22.3 Å². The van der Waals surface area contributed by atoms with Gasteiger partial charge >= 0.3 is 0 Å². The number of nitrogens with zero attached hydrogens (tertiary/aromatic N) is 2. The number of para-hydroxylation sites is 2. The second kappa shape index (κ2) is 15.6. The van der Waals surface area contributed by atoms with Gasteiger partial charge in [0, 0.05) is 39.1 Å². The smallest absolute Gasteiger partial charge is 0.0725 e. The maximum Gasteiger partial charge on any atom is 0.0725 e. The molecule has 0 N–H and O–H groups in total. The number of aromatic nitrogens is 1. The van der Waals surface area contributed by atoms with Gasteiger partial charge in [-0.15, -0.1) is 0 Å². The van der Waals surface area contributed by atoms with Crippen LogP contribution in [0, 0.1) is 0 Å². The third kappa shape index (κ3) is 5.92. The summed E-state index contributed by atoms with van der Waals surface area (Å²) in [6.07, 6.45) is 0. The SMILES string of the molecule is c1ccc(-c2ccc(N(c3ccccc3)c3ccc4c5cccc(-c6ccccc6)c5n(-c5ccc(-c6ccc7c(c6)-c6ccccc6C76c7ccccc7-c7ccccc76)cc5)c4c3)cc2)cc1. The lowest BCUT2D eigenvalue weighted by Crippen LogP contribution is -2.25. The highest BCUT2D eigenvalue weighted by atomic mass is 15.1. The Hall–Kier alpha value is -8.98. The van der Waals surface area contributed by atoms with Crippen molar-refractivity contribution in [2.45, 2.75) is 5.41 Å². The molecule has 0 unspecified atom stereocenters. The van der Waals surface area contributed by atoms with Crippen molar-refractivity contribution >= 4 is 38.9 Å². The number of rotatable bonds is 7. The van der Waals surface area contributed by atoms with E-state index < -0.39 is 0 Å². The molecule has 12 aromatic rings. The number of hydrogen-bond donors (Lipinski definition) is 0. The van der Waals surface area contributed by atoms with Crippen molar-refractivity contribution in [1.29, 1.82) is 0 Å². The maximum absolute atomic E-state index is 2.49. The van der Waals surface area contributed by atoms with Crippen LogP contribution >= 0.6 is 0 Å². The van der Waals surface area contributed by atoms with Gasteiger partial charge in [-0.25, -0.2) is 0 Å². The van der Waals surface area contributed by atoms with E-state index >= 15 is 0 Å². The fourth-order valence-corrected chi connectivity index (χ4v) is 11.9. The van der Waals surface area contributed by atoms with Crippen LogP contribution < -0.4 is 4.90 Å². The van der Waals surface area contributed by atoms with E-state index in [0.29, 0.717) is 0 Å². The molecule has 2 heteroatoms. The predicted octanol–water partition coefficient (Wildman–Crippen LogP) is 17.6. The summed E-state index contributed by atoms with van der Waals surface area (Å²) >= 11 is 0.